The maximum Gasteiger partial charge on any atom is 0.323 e. The number of aromatic nitrogens is 2. The summed E-state index contributed by atoms with van der Waals surface area (Å²) in [6.07, 6.45) is 1.75. The van der Waals surface area contributed by atoms with E-state index in [4.69, 9.17) is 27.7 Å². The number of para-hydroxylation sites is 2. The monoisotopic (exact) mass is 1840 g/mol. The summed E-state index contributed by atoms with van der Waals surface area (Å²) < 4.78 is 7.19. The van der Waals surface area contributed by atoms with Crippen molar-refractivity contribution in [1.29, 1.82) is 0 Å². The van der Waals surface area contributed by atoms with E-state index in [0.29, 0.717) is 77.0 Å². The number of Topliss-reactive ketones (excluding diaryl/α,β-unsaturated/α-hetero) is 1. The highest BCUT2D eigenvalue weighted by atomic mass is 16.5. The number of aliphatic hydroxyl groups is 1. The number of ketones is 1. The molecule has 4 fully saturated rings. The van der Waals surface area contributed by atoms with E-state index in [1.807, 2.05) is 13.8 Å². The number of carbonyl (C=O) groups is 17. The molecule has 0 bridgehead atoms. The van der Waals surface area contributed by atoms with Crippen LogP contribution in [0.25, 0.3) is 21.8 Å². The van der Waals surface area contributed by atoms with Gasteiger partial charge in [0.15, 0.2) is 5.78 Å². The number of amides is 15. The predicted octanol–water partition coefficient (Wildman–Crippen LogP) is -0.447. The number of phenols is 1. The molecule has 5 aromatic rings. The number of piperidine rings is 1. The number of aliphatic hydroxyl groups excluding tert-OH is 1. The molecule has 0 unspecified atom stereocenters. The molecule has 40 heteroatoms. The molecule has 0 saturated carbocycles. The number of hydrogen-bond acceptors (Lipinski definition) is 22. The van der Waals surface area contributed by atoms with Crippen LogP contribution in [0.1, 0.15) is 167 Å². The minimum Gasteiger partial charge on any atom is -0.508 e. The minimum absolute atomic E-state index is 0.00255. The van der Waals surface area contributed by atoms with Crippen molar-refractivity contribution in [3.63, 3.8) is 0 Å². The smallest absolute Gasteiger partial charge is 0.323 e. The summed E-state index contributed by atoms with van der Waals surface area (Å²) in [4.78, 5) is 259. The number of aliphatic carboxylic acids is 1. The number of ether oxygens (including phenoxy) is 1. The van der Waals surface area contributed by atoms with Crippen molar-refractivity contribution in [2.75, 3.05) is 60.0 Å². The van der Waals surface area contributed by atoms with Crippen LogP contribution < -0.4 is 65.5 Å². The van der Waals surface area contributed by atoms with Gasteiger partial charge < -0.3 is 120 Å². The first-order valence-corrected chi connectivity index (χ1v) is 45.6. The predicted molar refractivity (Wildman–Crippen MR) is 483 cm³/mol. The number of rotatable bonds is 24. The van der Waals surface area contributed by atoms with E-state index in [2.05, 4.69) is 47.5 Å². The lowest BCUT2D eigenvalue weighted by Gasteiger charge is -2.38. The molecule has 40 nitrogen and oxygen atoms in total. The van der Waals surface area contributed by atoms with Crippen LogP contribution in [0.3, 0.4) is 0 Å². The second kappa shape index (κ2) is 48.6. The third-order valence-electron chi connectivity index (χ3n) is 24.7. The Morgan fingerprint density at radius 3 is 1.73 bits per heavy atom. The van der Waals surface area contributed by atoms with E-state index in [9.17, 15) is 58.5 Å². The Morgan fingerprint density at radius 2 is 1.09 bits per heavy atom. The van der Waals surface area contributed by atoms with Crippen LogP contribution in [0.15, 0.2) is 85.2 Å². The molecule has 20 N–H and O–H groups in total. The molecule has 720 valence electrons. The van der Waals surface area contributed by atoms with Crippen molar-refractivity contribution >= 4 is 122 Å². The first-order chi connectivity index (χ1) is 62.8. The second-order valence-corrected chi connectivity index (χ2v) is 35.8. The van der Waals surface area contributed by atoms with E-state index in [0.717, 1.165) is 14.7 Å². The van der Waals surface area contributed by atoms with Gasteiger partial charge in [-0.15, -0.1) is 0 Å². The zero-order valence-corrected chi connectivity index (χ0v) is 76.4. The molecule has 0 spiro atoms. The standard InChI is InChI=1S/C92H131N19O21/c1-9-11-23-71-85(124)100-63(36-51(3)4)83(122)105-69(80(96)119)49-132-50-78(116)98-65(38-53-28-30-57(112)31-29-53)89(128)109-34-18-17-26-72(109)86(125)103-67(43-77(95)115)90(129)110-35-19-27-73(110)87(126)104-68(44-94)84(123)101-64(37-52(5)6)91(130)111-47-58(113)42-75(111)76(114)41-54(39-55-45-97-61-22-15-13-20-59(55)61)81(120)99-62(32-33-93)82(121)102-66(88(127)107(8)74(24-12-10-2)92(131)106(71)7)40-56-46-108(48-79(117)118)70-25-16-14-21-60(56)70/h13-16,20-22,25,28-31,45-46,51-52,54,58,62-69,71-75,97,112-113H,9-12,17-19,23-24,26-27,32-44,47-50,93-94H2,1-8H3,(H2,95,115)(H2,96,119)(H,98,116)(H,99,120)(H,100,124)(H,101,123)(H,102,121)(H,103,125)(H,104,126)(H,105,122)(H,117,118)/t54-,58-,62+,63+,64+,65+,66+,67+,68+,69+,71+,72+,73+,74+,75+/m1/s1. The minimum atomic E-state index is -1.73. The number of nitrogens with zero attached hydrogens (tertiary/aromatic N) is 6. The molecule has 4 aliphatic rings. The fourth-order valence-corrected chi connectivity index (χ4v) is 17.8. The van der Waals surface area contributed by atoms with Gasteiger partial charge in [0.05, 0.1) is 25.2 Å². The Kier molecular flexibility index (Phi) is 38.1. The number of nitrogens with one attached hydrogen (secondary N) is 9. The lowest BCUT2D eigenvalue weighted by molar-refractivity contribution is -0.149. The number of likely N-dealkylation sites (N-methyl/N-ethyl adjacent to an activating group) is 2. The van der Waals surface area contributed by atoms with Crippen molar-refractivity contribution in [3.05, 3.63) is 102 Å². The molecule has 4 aliphatic heterocycles. The number of nitrogens with two attached hydrogens (primary N) is 4. The van der Waals surface area contributed by atoms with Gasteiger partial charge in [0.2, 0.25) is 88.6 Å². The summed E-state index contributed by atoms with van der Waals surface area (Å²) in [6.45, 7) is 7.25. The van der Waals surface area contributed by atoms with Crippen molar-refractivity contribution in [1.82, 2.24) is 76.6 Å². The Hall–Kier alpha value is -12.4. The number of primary amides is 2. The van der Waals surface area contributed by atoms with E-state index >= 15 is 38.4 Å². The number of unbranched alkanes of at least 4 members (excludes halogenated alkanes) is 2. The van der Waals surface area contributed by atoms with Crippen LogP contribution in [0.5, 0.6) is 5.75 Å². The summed E-state index contributed by atoms with van der Waals surface area (Å²) in [7, 11) is 2.73. The summed E-state index contributed by atoms with van der Waals surface area (Å²) >= 11 is 0. The average Bonchev–Trinajstić information content (AvgIpc) is 1.63. The van der Waals surface area contributed by atoms with Crippen LogP contribution in [0.2, 0.25) is 0 Å². The maximum absolute atomic E-state index is 15.9. The van der Waals surface area contributed by atoms with Crippen molar-refractivity contribution in [3.8, 4) is 5.75 Å². The van der Waals surface area contributed by atoms with Gasteiger partial charge in [-0.3, -0.25) is 81.5 Å². The van der Waals surface area contributed by atoms with Crippen LogP contribution in [-0.4, -0.2) is 294 Å². The number of aromatic amines is 1. The van der Waals surface area contributed by atoms with Crippen molar-refractivity contribution < 1.29 is 102 Å². The Bertz CT molecular complexity index is 4960. The van der Waals surface area contributed by atoms with E-state index in [1.165, 1.54) is 58.9 Å². The average molecular weight is 1840 g/mol. The lowest BCUT2D eigenvalue weighted by Crippen LogP contribution is -2.62. The van der Waals surface area contributed by atoms with E-state index in [-0.39, 0.29) is 114 Å². The summed E-state index contributed by atoms with van der Waals surface area (Å²) in [6, 6.07) is 0.226. The van der Waals surface area contributed by atoms with Gasteiger partial charge in [0, 0.05) is 106 Å². The highest BCUT2D eigenvalue weighted by molar-refractivity contribution is 6.02. The number of phenolic OH excluding ortho intramolecular Hbond substituents is 1. The number of aromatic hydroxyl groups is 1. The molecule has 15 amide bonds. The van der Waals surface area contributed by atoms with E-state index in [1.54, 1.807) is 82.4 Å². The third-order valence-corrected chi connectivity index (χ3v) is 24.7. The van der Waals surface area contributed by atoms with Gasteiger partial charge in [-0.2, -0.15) is 0 Å². The molecule has 2 aromatic heterocycles. The van der Waals surface area contributed by atoms with E-state index < -0.39 is 237 Å². The number of fused-ring (bicyclic) bond motifs is 5. The zero-order chi connectivity index (χ0) is 96.5. The number of benzene rings is 3. The normalized spacial score (nSPS) is 25.8. The fourth-order valence-electron chi connectivity index (χ4n) is 17.8. The summed E-state index contributed by atoms with van der Waals surface area (Å²) in [5.41, 5.74) is 26.6. The van der Waals surface area contributed by atoms with Gasteiger partial charge in [0.25, 0.3) is 0 Å². The maximum atomic E-state index is 15.9. The number of hydrogen-bond donors (Lipinski definition) is 16. The molecule has 4 saturated heterocycles. The van der Waals surface area contributed by atoms with Crippen LogP contribution in [0, 0.1) is 17.8 Å². The van der Waals surface area contributed by atoms with Gasteiger partial charge in [-0.25, -0.2) is 0 Å². The molecule has 9 rings (SSSR count). The molecule has 15 atom stereocenters. The topological polar surface area (TPSA) is 597 Å². The highest BCUT2D eigenvalue weighted by Crippen LogP contribution is 2.31. The fraction of sp³-hybridized carbons (Fsp3) is 0.576. The van der Waals surface area contributed by atoms with Crippen LogP contribution >= 0.6 is 0 Å². The van der Waals surface area contributed by atoms with Crippen LogP contribution in [0.4, 0.5) is 0 Å². The second-order valence-electron chi connectivity index (χ2n) is 35.8. The van der Waals surface area contributed by atoms with Gasteiger partial charge in [0.1, 0.15) is 91.4 Å². The van der Waals surface area contributed by atoms with Crippen molar-refractivity contribution in [2.45, 2.75) is 261 Å². The molecular weight excluding hydrogens is 1710 g/mol. The van der Waals surface area contributed by atoms with Crippen molar-refractivity contribution in [2.24, 2.45) is 40.7 Å². The summed E-state index contributed by atoms with van der Waals surface area (Å²) in [5, 5.41) is 54.5. The van der Waals surface area contributed by atoms with Gasteiger partial charge in [-0.1, -0.05) is 116 Å². The quantitative estimate of drug-likeness (QED) is 0.0372. The Morgan fingerprint density at radius 1 is 0.538 bits per heavy atom. The SMILES string of the molecule is CCCC[C@H]1C(=O)N(C)[C@@H](CCCC)C(=O)N[C@@H](CC(C)C)C(=O)N[C@H](C(N)=O)COCC(=O)N[C@@H](Cc2ccc(O)cc2)C(=O)N2CCCC[C@H]2C(=O)N[C@@H](CC(N)=O)C(=O)N2CCC[C@H]2C(=O)N[C@@H](CN)C(=O)N[C@@H](CC(C)C)C(=O)N2C[C@H](O)C[C@H]2C(=O)C[C@@H](Cc2c[nH]c3ccccc23)C(=O)N[C@@H](CCN)C(=O)N[C@@H](Cc2cn(CC(=O)O)c3ccccc23)C(=O)N1C. The van der Waals surface area contributed by atoms with Gasteiger partial charge >= 0.3 is 5.97 Å². The first-order valence-electron chi connectivity index (χ1n) is 45.6. The number of carbonyl (C=O) groups excluding carboxylic acids is 16. The number of H-pyrrole nitrogens is 1. The summed E-state index contributed by atoms with van der Waals surface area (Å²) in [5.74, 6) is -17.6. The lowest BCUT2D eigenvalue weighted by atomic mass is 9.90. The first kappa shape index (κ1) is 103. The largest absolute Gasteiger partial charge is 0.508 e. The number of carboxylic acids is 1. The number of carboxylic acid groups (broad SMARTS) is 1. The third kappa shape index (κ3) is 27.6. The zero-order valence-electron chi connectivity index (χ0n) is 76.4. The molecule has 6 heterocycles. The highest BCUT2D eigenvalue weighted by Gasteiger charge is 2.47. The Labute approximate surface area is 766 Å². The Balaban J connectivity index is 1.09. The molecule has 132 heavy (non-hydrogen) atoms. The molecule has 0 aliphatic carbocycles. The van der Waals surface area contributed by atoms with Gasteiger partial charge in [-0.05, 0) is 130 Å². The van der Waals surface area contributed by atoms with Crippen LogP contribution in [-0.2, 0) is 112 Å². The molecule has 0 radical (unpaired) electrons. The molecular formula is C92H131N19O21. The molecule has 3 aromatic carbocycles.